The van der Waals surface area contributed by atoms with Crippen LogP contribution in [0.2, 0.25) is 0 Å². The number of aromatic nitrogens is 1. The Hall–Kier alpha value is -2.01. The molecular formula is C12H7NO3S. The molecule has 0 saturated carbocycles. The number of benzene rings is 1. The third-order valence-corrected chi connectivity index (χ3v) is 3.33. The van der Waals surface area contributed by atoms with Crippen molar-refractivity contribution < 1.29 is 14.3 Å². The van der Waals surface area contributed by atoms with Crippen LogP contribution >= 0.6 is 11.5 Å². The second-order valence-corrected chi connectivity index (χ2v) is 4.31. The maximum Gasteiger partial charge on any atom is 0.338 e. The third kappa shape index (κ3) is 1.55. The molecule has 1 aromatic carbocycles. The van der Waals surface area contributed by atoms with Crippen LogP contribution < -0.4 is 0 Å². The molecule has 17 heavy (non-hydrogen) atoms. The van der Waals surface area contributed by atoms with Gasteiger partial charge in [-0.1, -0.05) is 6.07 Å². The summed E-state index contributed by atoms with van der Waals surface area (Å²) in [6.07, 6.45) is 0.785. The number of esters is 1. The van der Waals surface area contributed by atoms with Crippen LogP contribution in [-0.2, 0) is 11.3 Å². The normalized spacial score (nSPS) is 13.3. The van der Waals surface area contributed by atoms with Crippen molar-refractivity contribution in [2.24, 2.45) is 0 Å². The number of hydrogen-bond donors (Lipinski definition) is 0. The number of aldehydes is 1. The molecule has 0 N–H and O–H groups in total. The number of hydrogen-bond acceptors (Lipinski definition) is 5. The third-order valence-electron chi connectivity index (χ3n) is 2.68. The molecule has 0 amide bonds. The van der Waals surface area contributed by atoms with Gasteiger partial charge < -0.3 is 4.74 Å². The van der Waals surface area contributed by atoms with Gasteiger partial charge in [-0.2, -0.15) is 4.37 Å². The van der Waals surface area contributed by atoms with Gasteiger partial charge in [0, 0.05) is 16.5 Å². The van der Waals surface area contributed by atoms with Gasteiger partial charge in [0.05, 0.1) is 16.8 Å². The maximum absolute atomic E-state index is 11.3. The molecular weight excluding hydrogens is 238 g/mol. The predicted octanol–water partition coefficient (Wildman–Crippen LogP) is 2.29. The van der Waals surface area contributed by atoms with E-state index < -0.39 is 0 Å². The predicted molar refractivity (Wildman–Crippen MR) is 62.1 cm³/mol. The molecule has 0 aliphatic carbocycles. The topological polar surface area (TPSA) is 56.3 Å². The number of carbonyl (C=O) groups is 2. The maximum atomic E-state index is 11.3. The molecule has 84 valence electrons. The average Bonchev–Trinajstić information content (AvgIpc) is 2.96. The number of fused-ring (bicyclic) bond motifs is 1. The van der Waals surface area contributed by atoms with Crippen molar-refractivity contribution in [1.29, 1.82) is 0 Å². The van der Waals surface area contributed by atoms with Crippen molar-refractivity contribution in [1.82, 2.24) is 4.37 Å². The highest BCUT2D eigenvalue weighted by atomic mass is 32.1. The minimum Gasteiger partial charge on any atom is -0.457 e. The van der Waals surface area contributed by atoms with Crippen LogP contribution in [0.5, 0.6) is 0 Å². The zero-order valence-electron chi connectivity index (χ0n) is 8.67. The van der Waals surface area contributed by atoms with Gasteiger partial charge in [-0.05, 0) is 23.7 Å². The number of nitrogens with zero attached hydrogens (tertiary/aromatic N) is 1. The number of ether oxygens (including phenoxy) is 1. The van der Waals surface area contributed by atoms with Crippen LogP contribution in [0.1, 0.15) is 26.3 Å². The first kappa shape index (κ1) is 10.2. The summed E-state index contributed by atoms with van der Waals surface area (Å²) in [6.45, 7) is 0.294. The van der Waals surface area contributed by atoms with Gasteiger partial charge >= 0.3 is 5.97 Å². The molecule has 0 radical (unpaired) electrons. The largest absolute Gasteiger partial charge is 0.457 e. The van der Waals surface area contributed by atoms with Crippen LogP contribution in [-0.4, -0.2) is 16.6 Å². The lowest BCUT2D eigenvalue weighted by molar-refractivity contribution is 0.0535. The van der Waals surface area contributed by atoms with Crippen molar-refractivity contribution in [3.8, 4) is 11.3 Å². The molecule has 3 rings (SSSR count). The van der Waals surface area contributed by atoms with Gasteiger partial charge in [-0.15, -0.1) is 0 Å². The average molecular weight is 245 g/mol. The Balaban J connectivity index is 2.12. The molecule has 0 saturated heterocycles. The molecule has 5 heteroatoms. The lowest BCUT2D eigenvalue weighted by Gasteiger charge is -2.00. The molecule has 0 spiro atoms. The number of rotatable bonds is 2. The van der Waals surface area contributed by atoms with Crippen molar-refractivity contribution in [2.45, 2.75) is 6.61 Å². The highest BCUT2D eigenvalue weighted by Crippen LogP contribution is 2.28. The first-order valence-corrected chi connectivity index (χ1v) is 5.83. The summed E-state index contributed by atoms with van der Waals surface area (Å²) >= 11 is 1.24. The van der Waals surface area contributed by atoms with E-state index in [4.69, 9.17) is 4.74 Å². The van der Waals surface area contributed by atoms with E-state index in [0.717, 1.165) is 17.4 Å². The summed E-state index contributed by atoms with van der Waals surface area (Å²) < 4.78 is 9.11. The zero-order chi connectivity index (χ0) is 11.8. The van der Waals surface area contributed by atoms with Crippen molar-refractivity contribution >= 4 is 23.8 Å². The van der Waals surface area contributed by atoms with E-state index in [2.05, 4.69) is 4.37 Å². The summed E-state index contributed by atoms with van der Waals surface area (Å²) in [7, 11) is 0. The van der Waals surface area contributed by atoms with Gasteiger partial charge in [0.2, 0.25) is 0 Å². The summed E-state index contributed by atoms with van der Waals surface area (Å²) in [5, 5.41) is 1.71. The van der Waals surface area contributed by atoms with E-state index in [1.165, 1.54) is 11.5 Å². The highest BCUT2D eigenvalue weighted by molar-refractivity contribution is 7.04. The Morgan fingerprint density at radius 3 is 3.12 bits per heavy atom. The quantitative estimate of drug-likeness (QED) is 0.601. The fourth-order valence-corrected chi connectivity index (χ4v) is 2.48. The van der Waals surface area contributed by atoms with Crippen LogP contribution in [0, 0.1) is 0 Å². The fraction of sp³-hybridized carbons (Fsp3) is 0.0833. The van der Waals surface area contributed by atoms with Gasteiger partial charge in [0.1, 0.15) is 6.61 Å². The molecule has 2 aromatic rings. The summed E-state index contributed by atoms with van der Waals surface area (Å²) in [5.41, 5.74) is 3.51. The molecule has 1 aromatic heterocycles. The van der Waals surface area contributed by atoms with Crippen molar-refractivity contribution in [3.63, 3.8) is 0 Å². The summed E-state index contributed by atoms with van der Waals surface area (Å²) in [4.78, 5) is 22.1. The SMILES string of the molecule is O=Cc1csnc1-c1ccc2c(c1)COC2=O. The fourth-order valence-electron chi connectivity index (χ4n) is 1.83. The van der Waals surface area contributed by atoms with Crippen LogP contribution in [0.25, 0.3) is 11.3 Å². The van der Waals surface area contributed by atoms with E-state index >= 15 is 0 Å². The molecule has 1 aliphatic rings. The minimum absolute atomic E-state index is 0.291. The first-order chi connectivity index (χ1) is 8.29. The molecule has 4 nitrogen and oxygen atoms in total. The summed E-state index contributed by atoms with van der Waals surface area (Å²) in [6, 6.07) is 5.35. The molecule has 1 aliphatic heterocycles. The molecule has 0 unspecified atom stereocenters. The number of carbonyl (C=O) groups excluding carboxylic acids is 2. The van der Waals surface area contributed by atoms with E-state index in [-0.39, 0.29) is 5.97 Å². The van der Waals surface area contributed by atoms with E-state index in [9.17, 15) is 9.59 Å². The lowest BCUT2D eigenvalue weighted by atomic mass is 10.0. The van der Waals surface area contributed by atoms with Crippen molar-refractivity contribution in [3.05, 3.63) is 40.3 Å². The standard InChI is InChI=1S/C12H7NO3S/c14-4-9-6-17-13-11(9)7-1-2-10-8(3-7)5-16-12(10)15/h1-4,6H,5H2. The molecule has 0 fully saturated rings. The molecule has 0 bridgehead atoms. The van der Waals surface area contributed by atoms with E-state index in [1.54, 1.807) is 17.5 Å². The Morgan fingerprint density at radius 2 is 2.29 bits per heavy atom. The zero-order valence-corrected chi connectivity index (χ0v) is 9.49. The van der Waals surface area contributed by atoms with Crippen LogP contribution in [0.4, 0.5) is 0 Å². The molecule has 0 atom stereocenters. The second-order valence-electron chi connectivity index (χ2n) is 3.68. The lowest BCUT2D eigenvalue weighted by Crippen LogP contribution is -1.93. The molecule has 2 heterocycles. The summed E-state index contributed by atoms with van der Waals surface area (Å²) in [5.74, 6) is -0.291. The minimum atomic E-state index is -0.291. The Kier molecular flexibility index (Phi) is 2.26. The Morgan fingerprint density at radius 1 is 1.41 bits per heavy atom. The Labute approximate surface area is 101 Å². The van der Waals surface area contributed by atoms with Crippen molar-refractivity contribution in [2.75, 3.05) is 0 Å². The van der Waals surface area contributed by atoms with Gasteiger partial charge in [-0.3, -0.25) is 4.79 Å². The van der Waals surface area contributed by atoms with E-state index in [0.29, 0.717) is 23.4 Å². The number of cyclic esters (lactones) is 1. The van der Waals surface area contributed by atoms with Crippen LogP contribution in [0.15, 0.2) is 23.6 Å². The monoisotopic (exact) mass is 245 g/mol. The van der Waals surface area contributed by atoms with E-state index in [1.807, 2.05) is 6.07 Å². The van der Waals surface area contributed by atoms with Gasteiger partial charge in [-0.25, -0.2) is 4.79 Å². The smallest absolute Gasteiger partial charge is 0.338 e. The second kappa shape index (κ2) is 3.78. The first-order valence-electron chi connectivity index (χ1n) is 4.99. The van der Waals surface area contributed by atoms with Crippen LogP contribution in [0.3, 0.4) is 0 Å². The van der Waals surface area contributed by atoms with Gasteiger partial charge in [0.25, 0.3) is 0 Å². The van der Waals surface area contributed by atoms with Gasteiger partial charge in [0.15, 0.2) is 6.29 Å². The Bertz CT molecular complexity index is 618. The highest BCUT2D eigenvalue weighted by Gasteiger charge is 2.21.